The van der Waals surface area contributed by atoms with Crippen LogP contribution in [0.4, 0.5) is 17.3 Å². The van der Waals surface area contributed by atoms with Crippen LogP contribution in [-0.4, -0.2) is 15.9 Å². The summed E-state index contributed by atoms with van der Waals surface area (Å²) in [4.78, 5) is 25.1. The SMILES string of the molecule is Cc1ccc(N(C(=O)[C@]2(C)CCC[C@@]3(C)[C@H]2CC=C2C=C(C(C)C)CC[C@@H]23)c2cc(N)ncn2)cc1. The van der Waals surface area contributed by atoms with Crippen LogP contribution in [0, 0.1) is 35.5 Å². The molecule has 0 saturated heterocycles. The molecule has 1 aromatic carbocycles. The van der Waals surface area contributed by atoms with Crippen molar-refractivity contribution in [3.05, 3.63) is 65.5 Å². The summed E-state index contributed by atoms with van der Waals surface area (Å²) < 4.78 is 0. The largest absolute Gasteiger partial charge is 0.384 e. The predicted octanol–water partition coefficient (Wildman–Crippen LogP) is 7.17. The molecule has 5 heteroatoms. The summed E-state index contributed by atoms with van der Waals surface area (Å²) in [6.07, 6.45) is 12.8. The second-order valence-electron chi connectivity index (χ2n) is 12.0. The highest BCUT2D eigenvalue weighted by Gasteiger charge is 2.58. The van der Waals surface area contributed by atoms with Crippen molar-refractivity contribution in [2.75, 3.05) is 10.6 Å². The minimum atomic E-state index is -0.498. The Morgan fingerprint density at radius 2 is 1.89 bits per heavy atom. The maximum Gasteiger partial charge on any atom is 0.238 e. The van der Waals surface area contributed by atoms with E-state index in [1.165, 1.54) is 31.2 Å². The molecule has 1 amide bonds. The Morgan fingerprint density at radius 3 is 2.58 bits per heavy atom. The number of allylic oxidation sites excluding steroid dienone is 4. The van der Waals surface area contributed by atoms with Crippen LogP contribution in [0.3, 0.4) is 0 Å². The number of hydrogen-bond acceptors (Lipinski definition) is 4. The molecule has 5 rings (SSSR count). The molecule has 1 aromatic heterocycles. The van der Waals surface area contributed by atoms with E-state index < -0.39 is 5.41 Å². The number of benzene rings is 1. The van der Waals surface area contributed by atoms with Crippen molar-refractivity contribution in [3.8, 4) is 0 Å². The zero-order chi connectivity index (χ0) is 25.7. The van der Waals surface area contributed by atoms with E-state index in [9.17, 15) is 4.79 Å². The van der Waals surface area contributed by atoms with Crippen LogP contribution in [-0.2, 0) is 4.79 Å². The van der Waals surface area contributed by atoms with Crippen molar-refractivity contribution in [1.82, 2.24) is 9.97 Å². The topological polar surface area (TPSA) is 72.1 Å². The van der Waals surface area contributed by atoms with Gasteiger partial charge in [0.2, 0.25) is 5.91 Å². The Morgan fingerprint density at radius 1 is 1.14 bits per heavy atom. The highest BCUT2D eigenvalue weighted by atomic mass is 16.2. The number of carbonyl (C=O) groups excluding carboxylic acids is 1. The summed E-state index contributed by atoms with van der Waals surface area (Å²) in [5.41, 5.74) is 10.7. The third-order valence-electron chi connectivity index (χ3n) is 9.47. The molecule has 5 nitrogen and oxygen atoms in total. The van der Waals surface area contributed by atoms with E-state index in [0.29, 0.717) is 23.5 Å². The Bertz CT molecular complexity index is 1210. The molecule has 0 aliphatic heterocycles. The first-order valence-electron chi connectivity index (χ1n) is 13.5. The van der Waals surface area contributed by atoms with E-state index in [4.69, 9.17) is 5.73 Å². The maximum absolute atomic E-state index is 14.7. The lowest BCUT2D eigenvalue weighted by atomic mass is 9.46. The number of aryl methyl sites for hydroxylation is 1. The van der Waals surface area contributed by atoms with Crippen LogP contribution >= 0.6 is 0 Å². The van der Waals surface area contributed by atoms with Gasteiger partial charge in [0.15, 0.2) is 0 Å². The first-order valence-corrected chi connectivity index (χ1v) is 13.5. The molecule has 1 saturated carbocycles. The summed E-state index contributed by atoms with van der Waals surface area (Å²) in [5.74, 6) is 2.42. The van der Waals surface area contributed by atoms with Crippen molar-refractivity contribution in [1.29, 1.82) is 0 Å². The van der Waals surface area contributed by atoms with Crippen LogP contribution in [0.1, 0.15) is 71.8 Å². The number of aromatic nitrogens is 2. The highest BCUT2D eigenvalue weighted by Crippen LogP contribution is 2.62. The fourth-order valence-corrected chi connectivity index (χ4v) is 7.39. The molecule has 0 spiro atoms. The molecule has 190 valence electrons. The van der Waals surface area contributed by atoms with Crippen molar-refractivity contribution in [3.63, 3.8) is 0 Å². The van der Waals surface area contributed by atoms with Crippen molar-refractivity contribution < 1.29 is 4.79 Å². The summed E-state index contributed by atoms with van der Waals surface area (Å²) >= 11 is 0. The summed E-state index contributed by atoms with van der Waals surface area (Å²) in [5, 5.41) is 0. The number of nitrogen functional groups attached to an aromatic ring is 1. The van der Waals surface area contributed by atoms with Gasteiger partial charge in [0.25, 0.3) is 0 Å². The monoisotopic (exact) mass is 484 g/mol. The van der Waals surface area contributed by atoms with Crippen LogP contribution in [0.2, 0.25) is 0 Å². The lowest BCUT2D eigenvalue weighted by Crippen LogP contribution is -2.56. The molecule has 2 N–H and O–H groups in total. The molecular weight excluding hydrogens is 444 g/mol. The lowest BCUT2D eigenvalue weighted by Gasteiger charge is -2.58. The number of fused-ring (bicyclic) bond motifs is 3. The number of amides is 1. The van der Waals surface area contributed by atoms with Gasteiger partial charge < -0.3 is 5.73 Å². The molecule has 0 unspecified atom stereocenters. The summed E-state index contributed by atoms with van der Waals surface area (Å²) in [7, 11) is 0. The van der Waals surface area contributed by atoms with Gasteiger partial charge in [-0.05, 0) is 79.9 Å². The Hall–Kier alpha value is -2.95. The number of rotatable bonds is 4. The second-order valence-corrected chi connectivity index (χ2v) is 12.0. The fourth-order valence-electron chi connectivity index (χ4n) is 7.39. The van der Waals surface area contributed by atoms with Gasteiger partial charge in [-0.25, -0.2) is 9.97 Å². The summed E-state index contributed by atoms with van der Waals surface area (Å²) in [6.45, 7) is 11.3. The minimum Gasteiger partial charge on any atom is -0.384 e. The van der Waals surface area contributed by atoms with Gasteiger partial charge in [0, 0.05) is 6.07 Å². The molecule has 36 heavy (non-hydrogen) atoms. The molecule has 0 bridgehead atoms. The van der Waals surface area contributed by atoms with Crippen LogP contribution < -0.4 is 10.6 Å². The molecule has 1 heterocycles. The van der Waals surface area contributed by atoms with Gasteiger partial charge in [-0.2, -0.15) is 0 Å². The molecule has 0 radical (unpaired) electrons. The quantitative estimate of drug-likeness (QED) is 0.499. The highest BCUT2D eigenvalue weighted by molar-refractivity contribution is 6.03. The van der Waals surface area contributed by atoms with Crippen LogP contribution in [0.15, 0.2) is 60.0 Å². The second kappa shape index (κ2) is 9.17. The molecular formula is C31H40N4O. The van der Waals surface area contributed by atoms with Gasteiger partial charge in [-0.15, -0.1) is 0 Å². The van der Waals surface area contributed by atoms with Crippen LogP contribution in [0.5, 0.6) is 0 Å². The number of nitrogens with zero attached hydrogens (tertiary/aromatic N) is 3. The predicted molar refractivity (Wildman–Crippen MR) is 147 cm³/mol. The zero-order valence-corrected chi connectivity index (χ0v) is 22.4. The number of hydrogen-bond donors (Lipinski definition) is 1. The van der Waals surface area contributed by atoms with E-state index in [-0.39, 0.29) is 17.2 Å². The van der Waals surface area contributed by atoms with Gasteiger partial charge in [0.1, 0.15) is 18.0 Å². The summed E-state index contributed by atoms with van der Waals surface area (Å²) in [6, 6.07) is 9.82. The van der Waals surface area contributed by atoms with Gasteiger partial charge >= 0.3 is 0 Å². The van der Waals surface area contributed by atoms with Crippen molar-refractivity contribution >= 4 is 23.2 Å². The first-order chi connectivity index (χ1) is 17.1. The molecule has 3 aliphatic rings. The Labute approximate surface area is 215 Å². The van der Waals surface area contributed by atoms with Crippen molar-refractivity contribution in [2.24, 2.45) is 28.6 Å². The average Bonchev–Trinajstić information content (AvgIpc) is 2.85. The van der Waals surface area contributed by atoms with Gasteiger partial charge in [0.05, 0.1) is 11.1 Å². The normalized spacial score (nSPS) is 29.6. The third kappa shape index (κ3) is 4.07. The van der Waals surface area contributed by atoms with E-state index >= 15 is 0 Å². The third-order valence-corrected chi connectivity index (χ3v) is 9.47. The van der Waals surface area contributed by atoms with Crippen molar-refractivity contribution in [2.45, 2.75) is 73.1 Å². The Kier molecular flexibility index (Phi) is 6.30. The molecule has 1 fully saturated rings. The van der Waals surface area contributed by atoms with Crippen LogP contribution in [0.25, 0.3) is 0 Å². The molecule has 2 aromatic rings. The average molecular weight is 485 g/mol. The number of anilines is 3. The lowest BCUT2D eigenvalue weighted by molar-refractivity contribution is -0.140. The van der Waals surface area contributed by atoms with E-state index in [0.717, 1.165) is 30.5 Å². The maximum atomic E-state index is 14.7. The smallest absolute Gasteiger partial charge is 0.238 e. The fraction of sp³-hybridized carbons (Fsp3) is 0.516. The van der Waals surface area contributed by atoms with Gasteiger partial charge in [-0.1, -0.05) is 69.5 Å². The zero-order valence-electron chi connectivity index (χ0n) is 22.4. The van der Waals surface area contributed by atoms with E-state index in [1.54, 1.807) is 16.5 Å². The molecule has 4 atom stereocenters. The van der Waals surface area contributed by atoms with Gasteiger partial charge in [-0.3, -0.25) is 9.69 Å². The first kappa shape index (κ1) is 24.7. The minimum absolute atomic E-state index is 0.107. The number of carbonyl (C=O) groups is 1. The van der Waals surface area contributed by atoms with E-state index in [1.807, 2.05) is 24.3 Å². The molecule has 3 aliphatic carbocycles. The standard InChI is InChI=1S/C31H40N4O/c1-20(2)22-9-13-25-23(17-22)10-14-26-30(25,4)15-6-16-31(26,5)29(36)35(24-11-7-21(3)8-12-24)28-18-27(32)33-19-34-28/h7-8,10-12,17-20,25-26H,6,9,13-16H2,1-5H3,(H2,32,33,34)/t25-,26+,30+,31+/m0/s1. The number of nitrogens with two attached hydrogens (primary N) is 1. The Balaban J connectivity index is 1.57. The van der Waals surface area contributed by atoms with E-state index in [2.05, 4.69) is 56.7 Å².